The second kappa shape index (κ2) is 6.24. The molecular formula is C19H19NO3. The summed E-state index contributed by atoms with van der Waals surface area (Å²) in [5.74, 6) is -0.585. The van der Waals surface area contributed by atoms with E-state index in [4.69, 9.17) is 5.11 Å². The van der Waals surface area contributed by atoms with E-state index in [-0.39, 0.29) is 18.2 Å². The highest BCUT2D eigenvalue weighted by atomic mass is 16.4. The van der Waals surface area contributed by atoms with Crippen molar-refractivity contribution in [2.75, 3.05) is 5.32 Å². The van der Waals surface area contributed by atoms with E-state index in [2.05, 4.69) is 24.4 Å². The zero-order valence-electron chi connectivity index (χ0n) is 13.0. The molecule has 23 heavy (non-hydrogen) atoms. The van der Waals surface area contributed by atoms with E-state index in [9.17, 15) is 9.59 Å². The molecule has 1 amide bonds. The summed E-state index contributed by atoms with van der Waals surface area (Å²) in [5, 5.41) is 11.7. The number of hydrogen-bond donors (Lipinski definition) is 2. The Bertz CT molecular complexity index is 754. The van der Waals surface area contributed by atoms with Crippen LogP contribution in [0.2, 0.25) is 0 Å². The number of carboxylic acid groups (broad SMARTS) is 1. The van der Waals surface area contributed by atoms with Crippen molar-refractivity contribution in [3.05, 3.63) is 65.2 Å². The van der Waals surface area contributed by atoms with Crippen molar-refractivity contribution in [1.29, 1.82) is 0 Å². The molecule has 0 radical (unpaired) electrons. The molecule has 1 fully saturated rings. The Hall–Kier alpha value is -2.62. The van der Waals surface area contributed by atoms with Crippen LogP contribution in [0.5, 0.6) is 0 Å². The Morgan fingerprint density at radius 1 is 1.17 bits per heavy atom. The quantitative estimate of drug-likeness (QED) is 0.890. The minimum Gasteiger partial charge on any atom is -0.481 e. The molecule has 0 saturated heterocycles. The molecule has 0 bridgehead atoms. The normalized spacial score (nSPS) is 19.2. The predicted molar refractivity (Wildman–Crippen MR) is 88.4 cm³/mol. The van der Waals surface area contributed by atoms with Gasteiger partial charge >= 0.3 is 5.97 Å². The van der Waals surface area contributed by atoms with Crippen LogP contribution in [0.4, 0.5) is 5.69 Å². The van der Waals surface area contributed by atoms with Gasteiger partial charge in [-0.2, -0.15) is 0 Å². The van der Waals surface area contributed by atoms with Crippen molar-refractivity contribution < 1.29 is 14.7 Å². The molecule has 1 aliphatic carbocycles. The molecular weight excluding hydrogens is 290 g/mol. The minimum atomic E-state index is -0.879. The number of anilines is 1. The van der Waals surface area contributed by atoms with Gasteiger partial charge in [-0.1, -0.05) is 36.4 Å². The highest BCUT2D eigenvalue weighted by Gasteiger charge is 2.44. The number of aliphatic carboxylic acids is 1. The third-order valence-corrected chi connectivity index (χ3v) is 4.27. The third-order valence-electron chi connectivity index (χ3n) is 4.27. The number of nitrogens with one attached hydrogen (secondary N) is 1. The van der Waals surface area contributed by atoms with Crippen molar-refractivity contribution in [3.63, 3.8) is 0 Å². The summed E-state index contributed by atoms with van der Waals surface area (Å²) in [6.07, 6.45) is 0.824. The number of hydrogen-bond acceptors (Lipinski definition) is 2. The van der Waals surface area contributed by atoms with E-state index in [1.165, 1.54) is 11.1 Å². The molecule has 3 rings (SSSR count). The molecule has 2 aromatic carbocycles. The highest BCUT2D eigenvalue weighted by molar-refractivity contribution is 5.95. The third kappa shape index (κ3) is 3.59. The molecule has 118 valence electrons. The maximum Gasteiger partial charge on any atom is 0.307 e. The summed E-state index contributed by atoms with van der Waals surface area (Å²) in [6.45, 7) is 2.07. The molecule has 2 atom stereocenters. The van der Waals surface area contributed by atoms with Crippen LogP contribution in [0.15, 0.2) is 48.5 Å². The monoisotopic (exact) mass is 309 g/mol. The lowest BCUT2D eigenvalue weighted by Crippen LogP contribution is -2.15. The first-order valence-electron chi connectivity index (χ1n) is 7.71. The van der Waals surface area contributed by atoms with E-state index in [1.807, 2.05) is 12.1 Å². The van der Waals surface area contributed by atoms with E-state index in [0.717, 1.165) is 6.42 Å². The maximum absolute atomic E-state index is 12.4. The molecule has 2 unspecified atom stereocenters. The first-order valence-corrected chi connectivity index (χ1v) is 7.71. The van der Waals surface area contributed by atoms with Crippen LogP contribution in [-0.2, 0) is 16.0 Å². The topological polar surface area (TPSA) is 66.4 Å². The zero-order chi connectivity index (χ0) is 16.4. The number of rotatable bonds is 5. The fourth-order valence-corrected chi connectivity index (χ4v) is 3.00. The van der Waals surface area contributed by atoms with Crippen LogP contribution >= 0.6 is 0 Å². The van der Waals surface area contributed by atoms with Gasteiger partial charge in [0.25, 0.3) is 0 Å². The molecule has 1 aliphatic rings. The minimum absolute atomic E-state index is 0.000713. The molecule has 4 heteroatoms. The largest absolute Gasteiger partial charge is 0.481 e. The van der Waals surface area contributed by atoms with Crippen LogP contribution in [0.1, 0.15) is 29.0 Å². The Morgan fingerprint density at radius 3 is 2.70 bits per heavy atom. The summed E-state index contributed by atoms with van der Waals surface area (Å²) in [6, 6.07) is 15.2. The van der Waals surface area contributed by atoms with Crippen LogP contribution < -0.4 is 5.32 Å². The smallest absolute Gasteiger partial charge is 0.307 e. The number of carboxylic acids is 1. The number of amides is 1. The van der Waals surface area contributed by atoms with E-state index < -0.39 is 5.97 Å². The van der Waals surface area contributed by atoms with Crippen LogP contribution in [0, 0.1) is 12.8 Å². The lowest BCUT2D eigenvalue weighted by Gasteiger charge is -2.08. The van der Waals surface area contributed by atoms with E-state index in [0.29, 0.717) is 17.2 Å². The maximum atomic E-state index is 12.4. The fourth-order valence-electron chi connectivity index (χ4n) is 3.00. The van der Waals surface area contributed by atoms with Gasteiger partial charge in [0, 0.05) is 11.6 Å². The lowest BCUT2D eigenvalue weighted by molar-refractivity contribution is -0.136. The number of aryl methyl sites for hydroxylation is 1. The second-order valence-corrected chi connectivity index (χ2v) is 6.07. The van der Waals surface area contributed by atoms with E-state index >= 15 is 0 Å². The molecule has 0 spiro atoms. The molecule has 1 saturated carbocycles. The van der Waals surface area contributed by atoms with Crippen LogP contribution in [0.3, 0.4) is 0 Å². The first kappa shape index (κ1) is 15.3. The Morgan fingerprint density at radius 2 is 1.96 bits per heavy atom. The van der Waals surface area contributed by atoms with Gasteiger partial charge in [-0.15, -0.1) is 0 Å². The van der Waals surface area contributed by atoms with Gasteiger partial charge < -0.3 is 10.4 Å². The summed E-state index contributed by atoms with van der Waals surface area (Å²) in [7, 11) is 0. The SMILES string of the molecule is Cc1ccccc1C1CC1C(=O)Nc1cccc(CC(=O)O)c1. The van der Waals surface area contributed by atoms with Gasteiger partial charge in [0.1, 0.15) is 0 Å². The average Bonchev–Trinajstić information content (AvgIpc) is 3.28. The van der Waals surface area contributed by atoms with Crippen LogP contribution in [-0.4, -0.2) is 17.0 Å². The van der Waals surface area contributed by atoms with Gasteiger partial charge in [0.2, 0.25) is 5.91 Å². The fraction of sp³-hybridized carbons (Fsp3) is 0.263. The summed E-state index contributed by atoms with van der Waals surface area (Å²) < 4.78 is 0. The second-order valence-electron chi connectivity index (χ2n) is 6.07. The number of carbonyl (C=O) groups excluding carboxylic acids is 1. The number of carbonyl (C=O) groups is 2. The molecule has 2 N–H and O–H groups in total. The van der Waals surface area contributed by atoms with Crippen molar-refractivity contribution in [2.45, 2.75) is 25.7 Å². The molecule has 2 aromatic rings. The van der Waals surface area contributed by atoms with E-state index in [1.54, 1.807) is 24.3 Å². The predicted octanol–water partition coefficient (Wildman–Crippen LogP) is 3.36. The molecule has 0 aliphatic heterocycles. The summed E-state index contributed by atoms with van der Waals surface area (Å²) >= 11 is 0. The Balaban J connectivity index is 1.65. The average molecular weight is 309 g/mol. The van der Waals surface area contributed by atoms with Crippen molar-refractivity contribution in [1.82, 2.24) is 0 Å². The Labute approximate surface area is 135 Å². The lowest BCUT2D eigenvalue weighted by atomic mass is 10.0. The van der Waals surface area contributed by atoms with Crippen molar-refractivity contribution in [3.8, 4) is 0 Å². The zero-order valence-corrected chi connectivity index (χ0v) is 13.0. The molecule has 0 heterocycles. The van der Waals surface area contributed by atoms with Gasteiger partial charge in [-0.25, -0.2) is 0 Å². The first-order chi connectivity index (χ1) is 11.0. The van der Waals surface area contributed by atoms with Crippen molar-refractivity contribution >= 4 is 17.6 Å². The standard InChI is InChI=1S/C19H19NO3/c1-12-5-2-3-8-15(12)16-11-17(16)19(23)20-14-7-4-6-13(9-14)10-18(21)22/h2-9,16-17H,10-11H2,1H3,(H,20,23)(H,21,22). The van der Waals surface area contributed by atoms with Gasteiger partial charge in [-0.3, -0.25) is 9.59 Å². The molecule has 4 nitrogen and oxygen atoms in total. The summed E-state index contributed by atoms with van der Waals surface area (Å²) in [5.41, 5.74) is 3.80. The highest BCUT2D eigenvalue weighted by Crippen LogP contribution is 2.48. The summed E-state index contributed by atoms with van der Waals surface area (Å²) in [4.78, 5) is 23.1. The molecule has 0 aromatic heterocycles. The Kier molecular flexibility index (Phi) is 4.15. The number of benzene rings is 2. The van der Waals surface area contributed by atoms with Crippen molar-refractivity contribution in [2.24, 2.45) is 5.92 Å². The van der Waals surface area contributed by atoms with Gasteiger partial charge in [0.05, 0.1) is 6.42 Å². The van der Waals surface area contributed by atoms with Gasteiger partial charge in [0.15, 0.2) is 0 Å². The van der Waals surface area contributed by atoms with Crippen LogP contribution in [0.25, 0.3) is 0 Å². The van der Waals surface area contributed by atoms with Gasteiger partial charge in [-0.05, 0) is 48.1 Å².